The second-order valence-electron chi connectivity index (χ2n) is 10.3. The van der Waals surface area contributed by atoms with Gasteiger partial charge in [0.1, 0.15) is 11.3 Å². The van der Waals surface area contributed by atoms with E-state index in [0.29, 0.717) is 39.3 Å². The quantitative estimate of drug-likeness (QED) is 0.148. The molecule has 40 heavy (non-hydrogen) atoms. The summed E-state index contributed by atoms with van der Waals surface area (Å²) in [6, 6.07) is 12.3. The smallest absolute Gasteiger partial charge is 0.178 e. The molecule has 6 rings (SSSR count). The zero-order valence-electron chi connectivity index (χ0n) is 22.4. The fourth-order valence-electron chi connectivity index (χ4n) is 5.43. The summed E-state index contributed by atoms with van der Waals surface area (Å²) in [4.78, 5) is 21.3. The van der Waals surface area contributed by atoms with Crippen molar-refractivity contribution in [2.45, 2.75) is 32.6 Å². The molecule has 8 nitrogen and oxygen atoms in total. The van der Waals surface area contributed by atoms with Crippen molar-refractivity contribution in [3.8, 4) is 22.6 Å². The number of aromatic nitrogens is 6. The molecule has 3 N–H and O–H groups in total. The van der Waals surface area contributed by atoms with E-state index < -0.39 is 0 Å². The van der Waals surface area contributed by atoms with Gasteiger partial charge in [-0.2, -0.15) is 5.10 Å². The average Bonchev–Trinajstić information content (AvgIpc) is 3.72. The second kappa shape index (κ2) is 11.3. The molecule has 0 unspecified atom stereocenters. The number of aliphatic imine (C=N–C) groups is 1. The Balaban J connectivity index is 1.32. The maximum atomic E-state index is 14.6. The molecule has 0 radical (unpaired) electrons. The summed E-state index contributed by atoms with van der Waals surface area (Å²) in [5.74, 6) is 0.977. The average molecular weight is 535 g/mol. The lowest BCUT2D eigenvalue weighted by Gasteiger charge is -2.11. The summed E-state index contributed by atoms with van der Waals surface area (Å²) in [5, 5.41) is 11.1. The molecule has 0 aliphatic heterocycles. The van der Waals surface area contributed by atoms with Crippen molar-refractivity contribution in [2.24, 2.45) is 10.9 Å². The number of imidazole rings is 1. The highest BCUT2D eigenvalue weighted by molar-refractivity contribution is 5.95. The van der Waals surface area contributed by atoms with Crippen LogP contribution < -0.4 is 5.32 Å². The van der Waals surface area contributed by atoms with E-state index in [1.165, 1.54) is 37.3 Å². The number of nitrogens with one attached hydrogen (secondary N) is 3. The van der Waals surface area contributed by atoms with Gasteiger partial charge in [0.2, 0.25) is 0 Å². The Hall–Kier alpha value is -4.50. The summed E-state index contributed by atoms with van der Waals surface area (Å²) in [6.45, 7) is 7.63. The Bertz CT molecular complexity index is 1740. The van der Waals surface area contributed by atoms with Gasteiger partial charge in [-0.1, -0.05) is 42.7 Å². The topological polar surface area (TPSA) is 108 Å². The van der Waals surface area contributed by atoms with Crippen LogP contribution in [0.25, 0.3) is 50.4 Å². The van der Waals surface area contributed by atoms with Gasteiger partial charge in [-0.25, -0.2) is 19.3 Å². The molecular weight excluding hydrogens is 503 g/mol. The standard InChI is InChI=1S/C31H31FN8/c1-19(16-34-17-20-7-3-4-8-20)15-21(18-33-2)25-11-12-26-28(36-25)29(40-39-26)31-37-27-23(13-14-35-30(27)38-31)22-9-5-6-10-24(22)32/h5-6,9-15,18,20,34H,2-4,7-8,16-17H2,1H3,(H,39,40)(H,35,37,38)/b19-15+,21-18+. The van der Waals surface area contributed by atoms with Crippen LogP contribution in [0.1, 0.15) is 38.3 Å². The monoisotopic (exact) mass is 534 g/mol. The maximum absolute atomic E-state index is 14.6. The molecular formula is C31H31FN8. The fourth-order valence-corrected chi connectivity index (χ4v) is 5.43. The van der Waals surface area contributed by atoms with Crippen LogP contribution in [0.5, 0.6) is 0 Å². The van der Waals surface area contributed by atoms with Crippen molar-refractivity contribution in [3.05, 3.63) is 78.0 Å². The van der Waals surface area contributed by atoms with Crippen molar-refractivity contribution in [1.82, 2.24) is 35.5 Å². The Morgan fingerprint density at radius 3 is 2.80 bits per heavy atom. The van der Waals surface area contributed by atoms with Gasteiger partial charge < -0.3 is 10.3 Å². The number of benzene rings is 1. The van der Waals surface area contributed by atoms with Gasteiger partial charge in [0.05, 0.1) is 16.7 Å². The van der Waals surface area contributed by atoms with E-state index in [9.17, 15) is 4.39 Å². The zero-order chi connectivity index (χ0) is 27.5. The molecule has 1 aliphatic carbocycles. The Labute approximate surface area is 231 Å². The summed E-state index contributed by atoms with van der Waals surface area (Å²) in [6.07, 6.45) is 10.8. The lowest BCUT2D eigenvalue weighted by molar-refractivity contribution is 0.502. The lowest BCUT2D eigenvalue weighted by atomic mass is 10.1. The predicted octanol–water partition coefficient (Wildman–Crippen LogP) is 6.47. The van der Waals surface area contributed by atoms with Crippen molar-refractivity contribution >= 4 is 34.5 Å². The number of pyridine rings is 2. The molecule has 0 bridgehead atoms. The molecule has 1 saturated carbocycles. The van der Waals surface area contributed by atoms with Crippen LogP contribution in [0, 0.1) is 11.7 Å². The minimum Gasteiger partial charge on any atom is -0.335 e. The highest BCUT2D eigenvalue weighted by atomic mass is 19.1. The number of halogens is 1. The maximum Gasteiger partial charge on any atom is 0.178 e. The predicted molar refractivity (Wildman–Crippen MR) is 158 cm³/mol. The van der Waals surface area contributed by atoms with E-state index in [4.69, 9.17) is 4.98 Å². The van der Waals surface area contributed by atoms with E-state index in [1.54, 1.807) is 36.7 Å². The highest BCUT2D eigenvalue weighted by Gasteiger charge is 2.19. The number of H-pyrrole nitrogens is 2. The number of hydrogen-bond donors (Lipinski definition) is 3. The van der Waals surface area contributed by atoms with Crippen LogP contribution in [0.2, 0.25) is 0 Å². The molecule has 0 saturated heterocycles. The minimum absolute atomic E-state index is 0.310. The first-order valence-electron chi connectivity index (χ1n) is 13.6. The number of hydrogen-bond acceptors (Lipinski definition) is 6. The Morgan fingerprint density at radius 1 is 1.12 bits per heavy atom. The zero-order valence-corrected chi connectivity index (χ0v) is 22.4. The molecule has 1 aliphatic rings. The van der Waals surface area contributed by atoms with Crippen LogP contribution in [-0.4, -0.2) is 49.9 Å². The van der Waals surface area contributed by atoms with E-state index in [1.807, 2.05) is 12.1 Å². The number of nitrogens with zero attached hydrogens (tertiary/aromatic N) is 5. The molecule has 1 aromatic carbocycles. The van der Waals surface area contributed by atoms with Gasteiger partial charge in [-0.3, -0.25) is 10.1 Å². The minimum atomic E-state index is -0.310. The molecule has 4 heterocycles. The summed E-state index contributed by atoms with van der Waals surface area (Å²) < 4.78 is 14.6. The van der Waals surface area contributed by atoms with Gasteiger partial charge in [-0.15, -0.1) is 0 Å². The first-order valence-corrected chi connectivity index (χ1v) is 13.6. The first-order chi connectivity index (χ1) is 19.6. The molecule has 1 fully saturated rings. The number of aromatic amines is 2. The number of fused-ring (bicyclic) bond motifs is 2. The van der Waals surface area contributed by atoms with Crippen LogP contribution in [0.4, 0.5) is 4.39 Å². The van der Waals surface area contributed by atoms with E-state index >= 15 is 0 Å². The Kier molecular flexibility index (Phi) is 7.29. The Morgan fingerprint density at radius 2 is 1.98 bits per heavy atom. The lowest BCUT2D eigenvalue weighted by Crippen LogP contribution is -2.22. The van der Waals surface area contributed by atoms with Gasteiger partial charge in [-0.05, 0) is 63.2 Å². The van der Waals surface area contributed by atoms with Crippen LogP contribution in [0.3, 0.4) is 0 Å². The molecule has 9 heteroatoms. The molecule has 0 amide bonds. The third-order valence-corrected chi connectivity index (χ3v) is 7.43. The molecule has 0 atom stereocenters. The summed E-state index contributed by atoms with van der Waals surface area (Å²) >= 11 is 0. The van der Waals surface area contributed by atoms with Crippen molar-refractivity contribution in [2.75, 3.05) is 13.1 Å². The molecule has 0 spiro atoms. The third-order valence-electron chi connectivity index (χ3n) is 7.43. The van der Waals surface area contributed by atoms with Gasteiger partial charge in [0.15, 0.2) is 17.2 Å². The molecule has 202 valence electrons. The van der Waals surface area contributed by atoms with Crippen molar-refractivity contribution in [3.63, 3.8) is 0 Å². The van der Waals surface area contributed by atoms with E-state index in [-0.39, 0.29) is 5.82 Å². The highest BCUT2D eigenvalue weighted by Crippen LogP contribution is 2.32. The van der Waals surface area contributed by atoms with E-state index in [0.717, 1.165) is 35.8 Å². The number of rotatable bonds is 9. The van der Waals surface area contributed by atoms with Gasteiger partial charge in [0, 0.05) is 35.6 Å². The fraction of sp³-hybridized carbons (Fsp3) is 0.258. The molecule has 4 aromatic heterocycles. The van der Waals surface area contributed by atoms with Gasteiger partial charge in [0.25, 0.3) is 0 Å². The first kappa shape index (κ1) is 25.8. The molecule has 5 aromatic rings. The SMILES string of the molecule is C=N/C=C(\C=C(/C)CNCC1CCCC1)c1ccc2[nH]nc(-c3nc4nccc(-c5ccccc5F)c4[nH]3)c2n1. The van der Waals surface area contributed by atoms with Crippen LogP contribution >= 0.6 is 0 Å². The van der Waals surface area contributed by atoms with Crippen molar-refractivity contribution < 1.29 is 4.39 Å². The number of allylic oxidation sites excluding steroid dienone is 2. The van der Waals surface area contributed by atoms with E-state index in [2.05, 4.69) is 55.2 Å². The van der Waals surface area contributed by atoms with Crippen LogP contribution in [-0.2, 0) is 0 Å². The van der Waals surface area contributed by atoms with Crippen molar-refractivity contribution in [1.29, 1.82) is 0 Å². The third kappa shape index (κ3) is 5.20. The summed E-state index contributed by atoms with van der Waals surface area (Å²) in [7, 11) is 0. The summed E-state index contributed by atoms with van der Waals surface area (Å²) in [5.41, 5.74) is 7.04. The van der Waals surface area contributed by atoms with Gasteiger partial charge >= 0.3 is 0 Å². The second-order valence-corrected chi connectivity index (χ2v) is 10.3. The van der Waals surface area contributed by atoms with Crippen LogP contribution in [0.15, 0.2) is 71.5 Å². The largest absolute Gasteiger partial charge is 0.335 e. The normalized spacial score (nSPS) is 14.9.